The largest absolute Gasteiger partial charge is 0.573 e. The van der Waals surface area contributed by atoms with Crippen molar-refractivity contribution >= 4 is 18.0 Å². The summed E-state index contributed by atoms with van der Waals surface area (Å²) in [6.45, 7) is 2.34. The molecule has 1 aromatic heterocycles. The standard InChI is InChI=1S/C25H26F6N6O3/c26-24(27,28)22-32-20-15-35(11-12-37(20)33-22)23(39)36-13-17-7-9-34(10-8-18(17)14-36)21(38)6-3-16-1-4-19(5-2-16)40-25(29,30)31/h1-6,17-18H,7-15H2/b6-3+. The molecule has 3 aliphatic rings. The molecule has 0 spiro atoms. The number of carbonyl (C=O) groups is 2. The number of alkyl halides is 6. The summed E-state index contributed by atoms with van der Waals surface area (Å²) in [4.78, 5) is 34.4. The van der Waals surface area contributed by atoms with Gasteiger partial charge in [-0.1, -0.05) is 12.1 Å². The Hall–Kier alpha value is -3.78. The van der Waals surface area contributed by atoms with E-state index in [0.717, 1.165) is 0 Å². The predicted octanol–water partition coefficient (Wildman–Crippen LogP) is 4.01. The molecule has 2 saturated heterocycles. The first-order chi connectivity index (χ1) is 18.9. The lowest BCUT2D eigenvalue weighted by atomic mass is 9.92. The third kappa shape index (κ3) is 6.33. The number of likely N-dealkylation sites (tertiary alicyclic amines) is 2. The normalized spacial score (nSPS) is 21.8. The van der Waals surface area contributed by atoms with Crippen molar-refractivity contribution in [1.29, 1.82) is 0 Å². The van der Waals surface area contributed by atoms with Crippen molar-refractivity contribution < 1.29 is 40.7 Å². The molecule has 9 nitrogen and oxygen atoms in total. The maximum absolute atomic E-state index is 13.2. The molecule has 0 saturated carbocycles. The van der Waals surface area contributed by atoms with Gasteiger partial charge in [0.15, 0.2) is 0 Å². The number of rotatable bonds is 3. The van der Waals surface area contributed by atoms with E-state index in [1.54, 1.807) is 9.80 Å². The topological polar surface area (TPSA) is 83.8 Å². The first-order valence-corrected chi connectivity index (χ1v) is 12.7. The number of nitrogens with zero attached hydrogens (tertiary/aromatic N) is 6. The number of halogens is 6. The fourth-order valence-corrected chi connectivity index (χ4v) is 5.40. The van der Waals surface area contributed by atoms with Crippen molar-refractivity contribution in [3.05, 3.63) is 47.6 Å². The molecule has 4 heterocycles. The van der Waals surface area contributed by atoms with Crippen molar-refractivity contribution in [3.8, 4) is 5.75 Å². The highest BCUT2D eigenvalue weighted by Gasteiger charge is 2.41. The number of hydrogen-bond acceptors (Lipinski definition) is 5. The molecule has 0 aliphatic carbocycles. The van der Waals surface area contributed by atoms with Gasteiger partial charge in [0.25, 0.3) is 5.82 Å². The van der Waals surface area contributed by atoms with Gasteiger partial charge in [-0.05, 0) is 48.4 Å². The van der Waals surface area contributed by atoms with Crippen LogP contribution >= 0.6 is 0 Å². The van der Waals surface area contributed by atoms with Gasteiger partial charge in [-0.15, -0.1) is 18.3 Å². The Morgan fingerprint density at radius 1 is 0.875 bits per heavy atom. The van der Waals surface area contributed by atoms with Gasteiger partial charge in [-0.3, -0.25) is 4.79 Å². The minimum atomic E-state index is -4.78. The molecule has 0 radical (unpaired) electrons. The molecular weight excluding hydrogens is 546 g/mol. The van der Waals surface area contributed by atoms with Crippen LogP contribution in [0.25, 0.3) is 6.08 Å². The smallest absolute Gasteiger partial charge is 0.406 e. The Balaban J connectivity index is 1.12. The third-order valence-corrected chi connectivity index (χ3v) is 7.42. The maximum atomic E-state index is 13.2. The minimum absolute atomic E-state index is 0.0412. The fraction of sp³-hybridized carbons (Fsp3) is 0.520. The monoisotopic (exact) mass is 572 g/mol. The Kier molecular flexibility index (Phi) is 7.40. The van der Waals surface area contributed by atoms with Crippen LogP contribution in [0.5, 0.6) is 5.75 Å². The van der Waals surface area contributed by atoms with E-state index in [9.17, 15) is 35.9 Å². The first-order valence-electron chi connectivity index (χ1n) is 12.7. The molecule has 3 amide bonds. The molecule has 216 valence electrons. The van der Waals surface area contributed by atoms with Crippen LogP contribution in [0.2, 0.25) is 0 Å². The van der Waals surface area contributed by atoms with Crippen molar-refractivity contribution in [2.75, 3.05) is 32.7 Å². The number of carbonyl (C=O) groups excluding carboxylic acids is 2. The Labute approximate surface area is 225 Å². The number of ether oxygens (including phenoxy) is 1. The summed E-state index contributed by atoms with van der Waals surface area (Å²) in [5.74, 6) is -1.27. The van der Waals surface area contributed by atoms with Crippen LogP contribution in [0.3, 0.4) is 0 Å². The summed E-state index contributed by atoms with van der Waals surface area (Å²) < 4.78 is 80.8. The lowest BCUT2D eigenvalue weighted by Crippen LogP contribution is -2.46. The number of urea groups is 1. The van der Waals surface area contributed by atoms with Gasteiger partial charge in [0.2, 0.25) is 5.91 Å². The van der Waals surface area contributed by atoms with Gasteiger partial charge in [-0.25, -0.2) is 14.5 Å². The zero-order valence-electron chi connectivity index (χ0n) is 21.2. The second-order valence-corrected chi connectivity index (χ2v) is 10.1. The number of fused-ring (bicyclic) bond motifs is 2. The molecule has 40 heavy (non-hydrogen) atoms. The highest BCUT2D eigenvalue weighted by molar-refractivity contribution is 5.91. The van der Waals surface area contributed by atoms with Gasteiger partial charge in [0, 0.05) is 38.8 Å². The van der Waals surface area contributed by atoms with E-state index in [4.69, 9.17) is 0 Å². The molecule has 5 rings (SSSR count). The zero-order chi connectivity index (χ0) is 28.7. The SMILES string of the molecule is O=C(/C=C/c1ccc(OC(F)(F)F)cc1)N1CCC2CN(C(=O)N3CCn4nc(C(F)(F)F)nc4C3)CC2CC1. The lowest BCUT2D eigenvalue weighted by molar-refractivity contribution is -0.274. The van der Waals surface area contributed by atoms with E-state index >= 15 is 0 Å². The van der Waals surface area contributed by atoms with Crippen LogP contribution in [-0.4, -0.2) is 80.5 Å². The predicted molar refractivity (Wildman–Crippen MR) is 127 cm³/mol. The van der Waals surface area contributed by atoms with Crippen LogP contribution < -0.4 is 4.74 Å². The van der Waals surface area contributed by atoms with Gasteiger partial charge in [-0.2, -0.15) is 13.2 Å². The van der Waals surface area contributed by atoms with Crippen LogP contribution in [0, 0.1) is 11.8 Å². The third-order valence-electron chi connectivity index (χ3n) is 7.42. The van der Waals surface area contributed by atoms with Gasteiger partial charge in [0.1, 0.15) is 11.6 Å². The molecular formula is C25H26F6N6O3. The fourth-order valence-electron chi connectivity index (χ4n) is 5.40. The number of hydrogen-bond donors (Lipinski definition) is 0. The maximum Gasteiger partial charge on any atom is 0.573 e. The van der Waals surface area contributed by atoms with Crippen LogP contribution in [0.15, 0.2) is 30.3 Å². The van der Waals surface area contributed by atoms with Crippen molar-refractivity contribution in [2.45, 2.75) is 38.5 Å². The highest BCUT2D eigenvalue weighted by Crippen LogP contribution is 2.33. The van der Waals surface area contributed by atoms with Crippen molar-refractivity contribution in [1.82, 2.24) is 29.5 Å². The van der Waals surface area contributed by atoms with E-state index in [-0.39, 0.29) is 55.0 Å². The Bertz CT molecular complexity index is 1260. The van der Waals surface area contributed by atoms with Crippen LogP contribution in [-0.2, 0) is 24.1 Å². The van der Waals surface area contributed by atoms with E-state index in [0.29, 0.717) is 44.6 Å². The number of benzene rings is 1. The minimum Gasteiger partial charge on any atom is -0.406 e. The molecule has 15 heteroatoms. The molecule has 2 atom stereocenters. The van der Waals surface area contributed by atoms with Crippen molar-refractivity contribution in [3.63, 3.8) is 0 Å². The van der Waals surface area contributed by atoms with E-state index in [2.05, 4.69) is 14.8 Å². The molecule has 1 aromatic carbocycles. The van der Waals surface area contributed by atoms with Gasteiger partial charge >= 0.3 is 18.6 Å². The molecule has 3 aliphatic heterocycles. The summed E-state index contributed by atoms with van der Waals surface area (Å²) in [6, 6.07) is 4.95. The van der Waals surface area contributed by atoms with Crippen LogP contribution in [0.4, 0.5) is 31.1 Å². The van der Waals surface area contributed by atoms with Gasteiger partial charge in [0.05, 0.1) is 13.1 Å². The molecule has 2 unspecified atom stereocenters. The molecule has 2 fully saturated rings. The summed E-state index contributed by atoms with van der Waals surface area (Å²) >= 11 is 0. The second-order valence-electron chi connectivity index (χ2n) is 10.1. The second kappa shape index (κ2) is 10.7. The van der Waals surface area contributed by atoms with Gasteiger partial charge < -0.3 is 19.4 Å². The van der Waals surface area contributed by atoms with E-state index in [1.807, 2.05) is 0 Å². The lowest BCUT2D eigenvalue weighted by Gasteiger charge is -2.31. The Morgan fingerprint density at radius 2 is 1.52 bits per heavy atom. The van der Waals surface area contributed by atoms with E-state index < -0.39 is 18.4 Å². The number of aromatic nitrogens is 3. The molecule has 0 N–H and O–H groups in total. The summed E-state index contributed by atoms with van der Waals surface area (Å²) in [5.41, 5.74) is 0.550. The summed E-state index contributed by atoms with van der Waals surface area (Å²) in [6.07, 6.45) is -5.11. The highest BCUT2D eigenvalue weighted by atomic mass is 19.4. The summed E-state index contributed by atoms with van der Waals surface area (Å²) in [5, 5.41) is 3.50. The number of amides is 3. The first kappa shape index (κ1) is 27.8. The quantitative estimate of drug-likeness (QED) is 0.410. The average molecular weight is 573 g/mol. The molecule has 0 bridgehead atoms. The molecule has 2 aromatic rings. The Morgan fingerprint density at radius 3 is 2.12 bits per heavy atom. The van der Waals surface area contributed by atoms with Crippen molar-refractivity contribution in [2.24, 2.45) is 11.8 Å². The van der Waals surface area contributed by atoms with E-state index in [1.165, 1.54) is 46.0 Å². The zero-order valence-corrected chi connectivity index (χ0v) is 21.2. The summed E-state index contributed by atoms with van der Waals surface area (Å²) in [7, 11) is 0. The average Bonchev–Trinajstić information content (AvgIpc) is 3.46. The van der Waals surface area contributed by atoms with Crippen LogP contribution in [0.1, 0.15) is 30.1 Å².